The van der Waals surface area contributed by atoms with Gasteiger partial charge in [0.2, 0.25) is 0 Å². The topological polar surface area (TPSA) is 170 Å². The molecule has 0 spiro atoms. The highest BCUT2D eigenvalue weighted by molar-refractivity contribution is 8.76. The van der Waals surface area contributed by atoms with Crippen LogP contribution in [0.25, 0.3) is 0 Å². The Bertz CT molecular complexity index is 1150. The van der Waals surface area contributed by atoms with E-state index in [2.05, 4.69) is 34.6 Å². The van der Waals surface area contributed by atoms with E-state index in [4.69, 9.17) is 52.1 Å². The van der Waals surface area contributed by atoms with Crippen LogP contribution in [0.3, 0.4) is 0 Å². The maximum Gasteiger partial charge on any atom is 0.306 e. The molecular formula is C47H86O15S2. The van der Waals surface area contributed by atoms with E-state index in [0.29, 0.717) is 84.3 Å². The quantitative estimate of drug-likeness (QED) is 0.0248. The third-order valence-electron chi connectivity index (χ3n) is 10.6. The molecule has 0 amide bonds. The van der Waals surface area contributed by atoms with Crippen LogP contribution in [-0.2, 0) is 71.3 Å². The fourth-order valence-corrected chi connectivity index (χ4v) is 9.05. The molecule has 1 aliphatic rings. The Hall–Kier alpha value is -1.70. The number of ether oxygens (including phenoxy) is 11. The summed E-state index contributed by atoms with van der Waals surface area (Å²) in [4.78, 5) is 48.0. The van der Waals surface area contributed by atoms with E-state index in [0.717, 1.165) is 36.3 Å². The molecule has 0 bridgehead atoms. The molecule has 1 unspecified atom stereocenters. The van der Waals surface area contributed by atoms with Gasteiger partial charge < -0.3 is 52.1 Å². The number of esters is 4. The highest BCUT2D eigenvalue weighted by atomic mass is 33.1. The summed E-state index contributed by atoms with van der Waals surface area (Å²) < 4.78 is 59.1. The molecule has 0 aliphatic carbocycles. The smallest absolute Gasteiger partial charge is 0.306 e. The first-order valence-corrected chi connectivity index (χ1v) is 26.4. The molecule has 0 aromatic heterocycles. The second-order valence-electron chi connectivity index (χ2n) is 17.0. The molecular weight excluding hydrogens is 869 g/mol. The highest BCUT2D eigenvalue weighted by Gasteiger charge is 2.29. The summed E-state index contributed by atoms with van der Waals surface area (Å²) in [6, 6.07) is 0. The summed E-state index contributed by atoms with van der Waals surface area (Å²) in [5.41, 5.74) is 0. The molecule has 0 radical (unpaired) electrons. The Morgan fingerprint density at radius 2 is 0.719 bits per heavy atom. The van der Waals surface area contributed by atoms with Gasteiger partial charge in [0, 0.05) is 18.6 Å². The van der Waals surface area contributed by atoms with Gasteiger partial charge in [-0.3, -0.25) is 19.2 Å². The van der Waals surface area contributed by atoms with Crippen molar-refractivity contribution in [3.63, 3.8) is 0 Å². The molecule has 0 saturated carbocycles. The van der Waals surface area contributed by atoms with Crippen molar-refractivity contribution in [3.8, 4) is 0 Å². The third kappa shape index (κ3) is 38.4. The molecule has 0 aromatic rings. The largest absolute Gasteiger partial charge is 0.466 e. The van der Waals surface area contributed by atoms with Crippen LogP contribution in [0.4, 0.5) is 0 Å². The van der Waals surface area contributed by atoms with Gasteiger partial charge in [0.1, 0.15) is 25.4 Å². The number of hydrogen-bond acceptors (Lipinski definition) is 17. The first kappa shape index (κ1) is 60.3. The summed E-state index contributed by atoms with van der Waals surface area (Å²) in [6.45, 7) is 16.7. The van der Waals surface area contributed by atoms with Crippen LogP contribution in [0.5, 0.6) is 0 Å². The predicted octanol–water partition coefficient (Wildman–Crippen LogP) is 8.06. The van der Waals surface area contributed by atoms with Crippen LogP contribution in [0.2, 0.25) is 0 Å². The lowest BCUT2D eigenvalue weighted by Crippen LogP contribution is -2.38. The van der Waals surface area contributed by atoms with Gasteiger partial charge in [-0.2, -0.15) is 0 Å². The van der Waals surface area contributed by atoms with Gasteiger partial charge in [0.25, 0.3) is 0 Å². The first-order chi connectivity index (χ1) is 31.0. The minimum atomic E-state index is -0.478. The van der Waals surface area contributed by atoms with Gasteiger partial charge in [0.15, 0.2) is 0 Å². The molecule has 1 rings (SSSR count). The van der Waals surface area contributed by atoms with E-state index < -0.39 is 17.9 Å². The zero-order valence-electron chi connectivity index (χ0n) is 40.3. The monoisotopic (exact) mass is 955 g/mol. The van der Waals surface area contributed by atoms with Crippen LogP contribution in [0, 0.1) is 23.7 Å². The maximum atomic E-state index is 12.1. The number of hydrogen-bond donors (Lipinski definition) is 0. The Kier molecular flexibility index (Phi) is 40.2. The molecule has 1 aliphatic heterocycles. The van der Waals surface area contributed by atoms with Crippen molar-refractivity contribution in [1.82, 2.24) is 0 Å². The van der Waals surface area contributed by atoms with Crippen molar-refractivity contribution < 1.29 is 71.3 Å². The average Bonchev–Trinajstić information content (AvgIpc) is 3.26. The molecule has 1 saturated heterocycles. The van der Waals surface area contributed by atoms with Crippen LogP contribution in [-0.4, -0.2) is 154 Å². The van der Waals surface area contributed by atoms with Crippen molar-refractivity contribution >= 4 is 45.5 Å². The lowest BCUT2D eigenvalue weighted by atomic mass is 9.91. The molecule has 5 atom stereocenters. The molecule has 15 nitrogen and oxygen atoms in total. The number of carbonyl (C=O) groups excluding carboxylic acids is 4. The van der Waals surface area contributed by atoms with E-state index in [1.165, 1.54) is 51.4 Å². The SMILES string of the molecule is CO[C@@H]1CSSC[C@H]1OC(=O)CCC(=O)OCCOCCOCCOCCOCCOCCOCCOC(=O)CCC(=O)OCCC(C)CCC[C@H](C)CCC[C@H](C)CCCC(C)C. The standard InChI is InChI=1S/C47H86O15S2/c1-38(2)10-7-11-39(3)12-8-13-40(4)14-9-15-41(5)20-21-59-44(48)16-17-45(49)60-34-32-57-30-28-55-26-24-53-22-23-54-25-27-56-29-31-58-33-35-61-46(50)18-19-47(51)62-43-37-64-63-36-42(43)52-6/h38-43H,7-37H2,1-6H3/t39-,40-,41?,42-,43-/m1/s1. The van der Waals surface area contributed by atoms with Gasteiger partial charge in [-0.05, 0) is 30.1 Å². The van der Waals surface area contributed by atoms with Crippen LogP contribution < -0.4 is 0 Å². The molecule has 1 fully saturated rings. The number of carbonyl (C=O) groups is 4. The fourth-order valence-electron chi connectivity index (χ4n) is 6.57. The van der Waals surface area contributed by atoms with E-state index >= 15 is 0 Å². The van der Waals surface area contributed by atoms with Crippen molar-refractivity contribution in [2.24, 2.45) is 23.7 Å². The molecule has 376 valence electrons. The fraction of sp³-hybridized carbons (Fsp3) is 0.915. The third-order valence-corrected chi connectivity index (χ3v) is 13.0. The molecule has 1 heterocycles. The van der Waals surface area contributed by atoms with Crippen molar-refractivity contribution in [2.45, 2.75) is 137 Å². The molecule has 0 N–H and O–H groups in total. The number of methoxy groups -OCH3 is 1. The maximum absolute atomic E-state index is 12.1. The lowest BCUT2D eigenvalue weighted by molar-refractivity contribution is -0.157. The van der Waals surface area contributed by atoms with Crippen molar-refractivity contribution in [3.05, 3.63) is 0 Å². The zero-order valence-corrected chi connectivity index (χ0v) is 42.0. The predicted molar refractivity (Wildman–Crippen MR) is 250 cm³/mol. The second kappa shape index (κ2) is 42.6. The van der Waals surface area contributed by atoms with E-state index in [1.54, 1.807) is 28.7 Å². The normalized spacial score (nSPS) is 16.6. The van der Waals surface area contributed by atoms with Crippen molar-refractivity contribution in [1.29, 1.82) is 0 Å². The van der Waals surface area contributed by atoms with Gasteiger partial charge in [0.05, 0.1) is 112 Å². The zero-order chi connectivity index (χ0) is 46.9. The Balaban J connectivity index is 1.79. The summed E-state index contributed by atoms with van der Waals surface area (Å²) in [5.74, 6) is 2.60. The first-order valence-electron chi connectivity index (χ1n) is 23.9. The van der Waals surface area contributed by atoms with Gasteiger partial charge in [-0.15, -0.1) is 0 Å². The van der Waals surface area contributed by atoms with Crippen LogP contribution >= 0.6 is 21.6 Å². The Labute approximate surface area is 393 Å². The van der Waals surface area contributed by atoms with Crippen LogP contribution in [0.1, 0.15) is 125 Å². The molecule has 64 heavy (non-hydrogen) atoms. The summed E-state index contributed by atoms with van der Waals surface area (Å²) in [7, 11) is 4.92. The lowest BCUT2D eigenvalue weighted by Gasteiger charge is -2.28. The molecule has 17 heteroatoms. The van der Waals surface area contributed by atoms with Gasteiger partial charge >= 0.3 is 23.9 Å². The summed E-state index contributed by atoms with van der Waals surface area (Å²) >= 11 is 0. The Morgan fingerprint density at radius 3 is 1.09 bits per heavy atom. The Morgan fingerprint density at radius 1 is 0.406 bits per heavy atom. The van der Waals surface area contributed by atoms with E-state index in [-0.39, 0.29) is 70.3 Å². The molecule has 0 aromatic carbocycles. The number of rotatable bonds is 44. The summed E-state index contributed by atoms with van der Waals surface area (Å²) in [6.07, 6.45) is 12.0. The summed E-state index contributed by atoms with van der Waals surface area (Å²) in [5, 5.41) is 0. The van der Waals surface area contributed by atoms with Crippen molar-refractivity contribution in [2.75, 3.05) is 118 Å². The van der Waals surface area contributed by atoms with Gasteiger partial charge in [-0.25, -0.2) is 0 Å². The average molecular weight is 955 g/mol. The minimum Gasteiger partial charge on any atom is -0.466 e. The van der Waals surface area contributed by atoms with E-state index in [1.807, 2.05) is 0 Å². The van der Waals surface area contributed by atoms with Gasteiger partial charge in [-0.1, -0.05) is 114 Å². The van der Waals surface area contributed by atoms with Crippen LogP contribution in [0.15, 0.2) is 0 Å². The highest BCUT2D eigenvalue weighted by Crippen LogP contribution is 2.32. The minimum absolute atomic E-state index is 0.00945. The second-order valence-corrected chi connectivity index (χ2v) is 19.6. The van der Waals surface area contributed by atoms with E-state index in [9.17, 15) is 19.2 Å².